The van der Waals surface area contributed by atoms with Gasteiger partial charge in [-0.15, -0.1) is 0 Å². The minimum absolute atomic E-state index is 0.280. The van der Waals surface area contributed by atoms with E-state index in [0.29, 0.717) is 11.3 Å². The number of hydrogen-bond donors (Lipinski definition) is 0. The van der Waals surface area contributed by atoms with E-state index in [1.807, 2.05) is 0 Å². The number of benzene rings is 1. The van der Waals surface area contributed by atoms with Gasteiger partial charge >= 0.3 is 0 Å². The zero-order valence-corrected chi connectivity index (χ0v) is 10.4. The van der Waals surface area contributed by atoms with Crippen LogP contribution in [0.3, 0.4) is 0 Å². The molecule has 1 aliphatic rings. The van der Waals surface area contributed by atoms with Crippen LogP contribution >= 0.6 is 0 Å². The number of halogens is 1. The molecule has 0 radical (unpaired) electrons. The molecule has 1 aliphatic carbocycles. The van der Waals surface area contributed by atoms with E-state index in [9.17, 15) is 9.18 Å². The van der Waals surface area contributed by atoms with Gasteiger partial charge in [-0.25, -0.2) is 9.18 Å². The van der Waals surface area contributed by atoms with Gasteiger partial charge in [-0.05, 0) is 37.0 Å². The van der Waals surface area contributed by atoms with Gasteiger partial charge in [0, 0.05) is 5.56 Å². The molecule has 1 saturated carbocycles. The summed E-state index contributed by atoms with van der Waals surface area (Å²) in [4.78, 5) is 14.5. The lowest BCUT2D eigenvalue weighted by Crippen LogP contribution is -2.09. The predicted octanol–water partition coefficient (Wildman–Crippen LogP) is 3.40. The highest BCUT2D eigenvalue weighted by molar-refractivity contribution is 5.41. The summed E-state index contributed by atoms with van der Waals surface area (Å²) in [7, 11) is 1.53. The molecule has 1 atom stereocenters. The number of aliphatic imine (C=N–C) groups is 1. The molecule has 96 valence electrons. The molecule has 0 aromatic heterocycles. The van der Waals surface area contributed by atoms with Crippen LogP contribution in [0.1, 0.15) is 37.3 Å². The van der Waals surface area contributed by atoms with Gasteiger partial charge in [-0.3, -0.25) is 0 Å². The van der Waals surface area contributed by atoms with Gasteiger partial charge in [0.1, 0.15) is 11.6 Å². The average Bonchev–Trinajstić information content (AvgIpc) is 2.89. The van der Waals surface area contributed by atoms with Gasteiger partial charge in [0.05, 0.1) is 13.2 Å². The van der Waals surface area contributed by atoms with Crippen molar-refractivity contribution >= 4 is 6.08 Å². The van der Waals surface area contributed by atoms with E-state index < -0.39 is 0 Å². The van der Waals surface area contributed by atoms with Gasteiger partial charge < -0.3 is 4.74 Å². The van der Waals surface area contributed by atoms with E-state index in [1.54, 1.807) is 12.1 Å². The monoisotopic (exact) mass is 249 g/mol. The topological polar surface area (TPSA) is 38.7 Å². The lowest BCUT2D eigenvalue weighted by molar-refractivity contribution is 0.383. The van der Waals surface area contributed by atoms with E-state index in [4.69, 9.17) is 4.74 Å². The van der Waals surface area contributed by atoms with Crippen LogP contribution in [0.15, 0.2) is 23.2 Å². The summed E-state index contributed by atoms with van der Waals surface area (Å²) in [6, 6.07) is 3.99. The quantitative estimate of drug-likeness (QED) is 0.606. The average molecular weight is 249 g/mol. The highest BCUT2D eigenvalue weighted by Crippen LogP contribution is 2.41. The Labute approximate surface area is 106 Å². The zero-order valence-electron chi connectivity index (χ0n) is 10.4. The molecular weight excluding hydrogens is 233 g/mol. The molecule has 0 bridgehead atoms. The van der Waals surface area contributed by atoms with Crippen molar-refractivity contribution in [3.05, 3.63) is 29.6 Å². The number of nitrogens with zero attached hydrogens (tertiary/aromatic N) is 1. The van der Waals surface area contributed by atoms with Crippen molar-refractivity contribution in [2.24, 2.45) is 10.9 Å². The second-order valence-corrected chi connectivity index (χ2v) is 4.60. The van der Waals surface area contributed by atoms with Crippen LogP contribution in [0.25, 0.3) is 0 Å². The lowest BCUT2D eigenvalue weighted by Gasteiger charge is -2.20. The first-order chi connectivity index (χ1) is 8.76. The fraction of sp³-hybridized carbons (Fsp3) is 0.500. The molecule has 0 heterocycles. The fourth-order valence-electron chi connectivity index (χ4n) is 2.70. The van der Waals surface area contributed by atoms with Crippen LogP contribution in [-0.4, -0.2) is 13.2 Å². The molecule has 1 aromatic rings. The summed E-state index contributed by atoms with van der Waals surface area (Å²) in [6.07, 6.45) is 5.89. The first-order valence-electron chi connectivity index (χ1n) is 6.16. The predicted molar refractivity (Wildman–Crippen MR) is 65.8 cm³/mol. The second kappa shape index (κ2) is 5.78. The molecular formula is C14H16FNO2. The number of ether oxygens (including phenoxy) is 1. The zero-order chi connectivity index (χ0) is 13.0. The number of rotatable bonds is 4. The van der Waals surface area contributed by atoms with E-state index in [0.717, 1.165) is 25.7 Å². The summed E-state index contributed by atoms with van der Waals surface area (Å²) in [5.41, 5.74) is 0.646. The van der Waals surface area contributed by atoms with Crippen molar-refractivity contribution < 1.29 is 13.9 Å². The Balaban J connectivity index is 2.40. The minimum atomic E-state index is -0.338. The summed E-state index contributed by atoms with van der Waals surface area (Å²) in [6.45, 7) is 0. The highest BCUT2D eigenvalue weighted by atomic mass is 19.1. The Morgan fingerprint density at radius 1 is 1.44 bits per heavy atom. The molecule has 4 heteroatoms. The normalized spacial score (nSPS) is 17.2. The number of isocyanates is 1. The molecule has 0 saturated heterocycles. The van der Waals surface area contributed by atoms with Crippen LogP contribution in [0, 0.1) is 11.7 Å². The Bertz CT molecular complexity index is 463. The van der Waals surface area contributed by atoms with E-state index in [1.165, 1.54) is 19.2 Å². The Kier molecular flexibility index (Phi) is 4.11. The maximum absolute atomic E-state index is 13.4. The summed E-state index contributed by atoms with van der Waals surface area (Å²) >= 11 is 0. The lowest BCUT2D eigenvalue weighted by atomic mass is 9.91. The van der Waals surface area contributed by atoms with Crippen LogP contribution in [0.2, 0.25) is 0 Å². The van der Waals surface area contributed by atoms with Gasteiger partial charge in [0.25, 0.3) is 0 Å². The number of carbonyl (C=O) groups excluding carboxylic acids is 1. The SMILES string of the molecule is COc1ccc(F)cc1C(N=C=O)C1CCCC1. The molecule has 1 aromatic carbocycles. The largest absolute Gasteiger partial charge is 0.496 e. The summed E-state index contributed by atoms with van der Waals surface area (Å²) < 4.78 is 18.6. The van der Waals surface area contributed by atoms with Crippen molar-refractivity contribution in [3.8, 4) is 5.75 Å². The van der Waals surface area contributed by atoms with Crippen molar-refractivity contribution in [1.29, 1.82) is 0 Å². The maximum Gasteiger partial charge on any atom is 0.235 e. The second-order valence-electron chi connectivity index (χ2n) is 4.60. The molecule has 0 spiro atoms. The smallest absolute Gasteiger partial charge is 0.235 e. The van der Waals surface area contributed by atoms with Crippen molar-refractivity contribution in [1.82, 2.24) is 0 Å². The van der Waals surface area contributed by atoms with E-state index in [2.05, 4.69) is 4.99 Å². The fourth-order valence-corrected chi connectivity index (χ4v) is 2.70. The minimum Gasteiger partial charge on any atom is -0.496 e. The third kappa shape index (κ3) is 2.59. The van der Waals surface area contributed by atoms with Crippen molar-refractivity contribution in [2.75, 3.05) is 7.11 Å². The summed E-state index contributed by atoms with van der Waals surface area (Å²) in [5, 5.41) is 0. The van der Waals surface area contributed by atoms with Crippen LogP contribution < -0.4 is 4.74 Å². The van der Waals surface area contributed by atoms with Gasteiger partial charge in [-0.2, -0.15) is 4.99 Å². The third-order valence-corrected chi connectivity index (χ3v) is 3.55. The standard InChI is InChI=1S/C14H16FNO2/c1-18-13-7-6-11(15)8-12(13)14(16-9-17)10-4-2-3-5-10/h6-8,10,14H,2-5H2,1H3. The molecule has 1 fully saturated rings. The molecule has 0 N–H and O–H groups in total. The van der Waals surface area contributed by atoms with Crippen molar-refractivity contribution in [3.63, 3.8) is 0 Å². The summed E-state index contributed by atoms with van der Waals surface area (Å²) in [5.74, 6) is 0.518. The Morgan fingerprint density at radius 3 is 2.78 bits per heavy atom. The molecule has 0 amide bonds. The van der Waals surface area contributed by atoms with Gasteiger partial charge in [0.15, 0.2) is 0 Å². The van der Waals surface area contributed by atoms with Crippen molar-refractivity contribution in [2.45, 2.75) is 31.7 Å². The molecule has 2 rings (SSSR count). The van der Waals surface area contributed by atoms with Gasteiger partial charge in [-0.1, -0.05) is 12.8 Å². The Hall–Kier alpha value is -1.67. The third-order valence-electron chi connectivity index (χ3n) is 3.55. The van der Waals surface area contributed by atoms with E-state index in [-0.39, 0.29) is 17.8 Å². The first kappa shape index (κ1) is 12.8. The van der Waals surface area contributed by atoms with Crippen LogP contribution in [0.5, 0.6) is 5.75 Å². The van der Waals surface area contributed by atoms with Gasteiger partial charge in [0.2, 0.25) is 6.08 Å². The molecule has 3 nitrogen and oxygen atoms in total. The Morgan fingerprint density at radius 2 is 2.17 bits per heavy atom. The molecule has 0 aliphatic heterocycles. The molecule has 18 heavy (non-hydrogen) atoms. The number of methoxy groups -OCH3 is 1. The number of hydrogen-bond acceptors (Lipinski definition) is 3. The highest BCUT2D eigenvalue weighted by Gasteiger charge is 2.28. The first-order valence-corrected chi connectivity index (χ1v) is 6.16. The van der Waals surface area contributed by atoms with Crippen LogP contribution in [-0.2, 0) is 4.79 Å². The van der Waals surface area contributed by atoms with E-state index >= 15 is 0 Å². The molecule has 1 unspecified atom stereocenters. The van der Waals surface area contributed by atoms with Crippen LogP contribution in [0.4, 0.5) is 4.39 Å². The maximum atomic E-state index is 13.4.